The predicted molar refractivity (Wildman–Crippen MR) is 118 cm³/mol. The van der Waals surface area contributed by atoms with Crippen LogP contribution in [0.25, 0.3) is 17.2 Å². The molecule has 3 aromatic rings. The molecule has 0 aliphatic heterocycles. The molecule has 5 N–H and O–H groups in total. The summed E-state index contributed by atoms with van der Waals surface area (Å²) >= 11 is 0. The van der Waals surface area contributed by atoms with Gasteiger partial charge in [-0.15, -0.1) is 0 Å². The first-order chi connectivity index (χ1) is 15.3. The third-order valence-electron chi connectivity index (χ3n) is 4.57. The lowest BCUT2D eigenvalue weighted by molar-refractivity contribution is 0.0695. The standard InChI is InChI=1S/C23H20N2O7/c1-31-15-11-5-10-14(19(15)32-12-6-9-13-7-3-2-4-8-13)16-17(22(27)28)20(24)25-21(26)18(16)23(29)30/h2-11H,12H2,1H3,(H,27,28)(H,29,30)(H3,24,25,26). The Hall–Kier alpha value is -4.53. The van der Waals surface area contributed by atoms with E-state index in [0.29, 0.717) is 0 Å². The smallest absolute Gasteiger partial charge is 0.342 e. The summed E-state index contributed by atoms with van der Waals surface area (Å²) in [5.41, 5.74) is 3.99. The van der Waals surface area contributed by atoms with E-state index in [1.165, 1.54) is 19.2 Å². The Morgan fingerprint density at radius 1 is 1.03 bits per heavy atom. The normalized spacial score (nSPS) is 10.8. The van der Waals surface area contributed by atoms with Gasteiger partial charge in [-0.2, -0.15) is 0 Å². The van der Waals surface area contributed by atoms with Gasteiger partial charge in [0.25, 0.3) is 5.56 Å². The number of carbonyl (C=O) groups is 2. The van der Waals surface area contributed by atoms with Crippen LogP contribution in [0.1, 0.15) is 26.3 Å². The second-order valence-corrected chi connectivity index (χ2v) is 6.56. The molecule has 0 aliphatic carbocycles. The number of rotatable bonds is 8. The molecule has 0 saturated carbocycles. The van der Waals surface area contributed by atoms with Gasteiger partial charge < -0.3 is 30.4 Å². The number of benzene rings is 2. The van der Waals surface area contributed by atoms with Crippen LogP contribution < -0.4 is 20.8 Å². The number of anilines is 1. The number of ether oxygens (including phenoxy) is 2. The van der Waals surface area contributed by atoms with E-state index in [1.807, 2.05) is 36.4 Å². The fraction of sp³-hybridized carbons (Fsp3) is 0.0870. The number of methoxy groups -OCH3 is 1. The van der Waals surface area contributed by atoms with E-state index in [0.717, 1.165) is 5.56 Å². The molecule has 1 aromatic heterocycles. The number of aromatic nitrogens is 1. The molecule has 164 valence electrons. The minimum absolute atomic E-state index is 0.0464. The van der Waals surface area contributed by atoms with Crippen molar-refractivity contribution < 1.29 is 29.3 Å². The molecule has 0 radical (unpaired) electrons. The SMILES string of the molecule is COc1cccc(-c2c(C(=O)O)c(N)[nH]c(=O)c2C(=O)O)c1OCC=Cc1ccccc1. The molecule has 0 fully saturated rings. The van der Waals surface area contributed by atoms with Gasteiger partial charge in [0.15, 0.2) is 11.5 Å². The maximum Gasteiger partial charge on any atom is 0.342 e. The average Bonchev–Trinajstić information content (AvgIpc) is 2.76. The zero-order chi connectivity index (χ0) is 23.3. The van der Waals surface area contributed by atoms with Gasteiger partial charge >= 0.3 is 11.9 Å². The highest BCUT2D eigenvalue weighted by molar-refractivity contribution is 6.08. The van der Waals surface area contributed by atoms with Gasteiger partial charge in [0, 0.05) is 11.1 Å². The van der Waals surface area contributed by atoms with E-state index in [4.69, 9.17) is 15.2 Å². The first kappa shape index (κ1) is 22.2. The first-order valence-corrected chi connectivity index (χ1v) is 9.39. The Balaban J connectivity index is 2.15. The van der Waals surface area contributed by atoms with Gasteiger partial charge in [0.1, 0.15) is 23.6 Å². The lowest BCUT2D eigenvalue weighted by atomic mass is 9.94. The van der Waals surface area contributed by atoms with Gasteiger partial charge in [-0.3, -0.25) is 4.79 Å². The van der Waals surface area contributed by atoms with Crippen molar-refractivity contribution >= 4 is 23.8 Å². The zero-order valence-electron chi connectivity index (χ0n) is 17.0. The largest absolute Gasteiger partial charge is 0.493 e. The van der Waals surface area contributed by atoms with Crippen LogP contribution in [-0.4, -0.2) is 40.9 Å². The molecule has 0 aliphatic rings. The molecule has 0 unspecified atom stereocenters. The molecule has 32 heavy (non-hydrogen) atoms. The number of nitrogens with two attached hydrogens (primary N) is 1. The third kappa shape index (κ3) is 4.46. The highest BCUT2D eigenvalue weighted by Gasteiger charge is 2.29. The number of hydrogen-bond donors (Lipinski definition) is 4. The number of carboxylic acid groups (broad SMARTS) is 2. The van der Waals surface area contributed by atoms with E-state index in [-0.39, 0.29) is 29.2 Å². The van der Waals surface area contributed by atoms with Crippen LogP contribution in [0.3, 0.4) is 0 Å². The number of pyridine rings is 1. The molecule has 0 saturated heterocycles. The third-order valence-corrected chi connectivity index (χ3v) is 4.57. The summed E-state index contributed by atoms with van der Waals surface area (Å²) in [7, 11) is 1.38. The Morgan fingerprint density at radius 2 is 1.72 bits per heavy atom. The van der Waals surface area contributed by atoms with Crippen LogP contribution in [0.2, 0.25) is 0 Å². The number of aromatic carboxylic acids is 2. The van der Waals surface area contributed by atoms with Gasteiger partial charge in [-0.25, -0.2) is 9.59 Å². The fourth-order valence-corrected chi connectivity index (χ4v) is 3.22. The Morgan fingerprint density at radius 3 is 2.34 bits per heavy atom. The van der Waals surface area contributed by atoms with Crippen LogP contribution >= 0.6 is 0 Å². The topological polar surface area (TPSA) is 152 Å². The van der Waals surface area contributed by atoms with Crippen molar-refractivity contribution in [2.75, 3.05) is 19.5 Å². The van der Waals surface area contributed by atoms with Crippen LogP contribution in [0, 0.1) is 0 Å². The summed E-state index contributed by atoms with van der Waals surface area (Å²) in [5, 5.41) is 19.3. The zero-order valence-corrected chi connectivity index (χ0v) is 17.0. The molecule has 9 heteroatoms. The lowest BCUT2D eigenvalue weighted by Gasteiger charge is -2.17. The summed E-state index contributed by atoms with van der Waals surface area (Å²) in [6, 6.07) is 14.0. The molecule has 0 bridgehead atoms. The van der Waals surface area contributed by atoms with E-state index >= 15 is 0 Å². The summed E-state index contributed by atoms with van der Waals surface area (Å²) in [5.74, 6) is -3.29. The molecule has 0 spiro atoms. The van der Waals surface area contributed by atoms with E-state index < -0.39 is 34.4 Å². The van der Waals surface area contributed by atoms with Crippen molar-refractivity contribution in [3.05, 3.63) is 81.7 Å². The molecule has 1 heterocycles. The van der Waals surface area contributed by atoms with Gasteiger partial charge in [-0.05, 0) is 17.7 Å². The van der Waals surface area contributed by atoms with Crippen LogP contribution in [-0.2, 0) is 0 Å². The van der Waals surface area contributed by atoms with E-state index in [1.54, 1.807) is 12.1 Å². The summed E-state index contributed by atoms with van der Waals surface area (Å²) in [4.78, 5) is 38.2. The monoisotopic (exact) mass is 436 g/mol. The average molecular weight is 436 g/mol. The van der Waals surface area contributed by atoms with Crippen LogP contribution in [0.4, 0.5) is 5.82 Å². The second kappa shape index (κ2) is 9.52. The molecular formula is C23H20N2O7. The predicted octanol–water partition coefficient (Wildman–Crippen LogP) is 3.12. The molecule has 3 rings (SSSR count). The van der Waals surface area contributed by atoms with Crippen molar-refractivity contribution in [1.29, 1.82) is 0 Å². The highest BCUT2D eigenvalue weighted by Crippen LogP contribution is 2.41. The maximum absolute atomic E-state index is 12.3. The van der Waals surface area contributed by atoms with Crippen molar-refractivity contribution in [3.8, 4) is 22.6 Å². The first-order valence-electron chi connectivity index (χ1n) is 9.39. The van der Waals surface area contributed by atoms with Crippen molar-refractivity contribution in [2.24, 2.45) is 0 Å². The van der Waals surface area contributed by atoms with E-state index in [9.17, 15) is 24.6 Å². The lowest BCUT2D eigenvalue weighted by Crippen LogP contribution is -2.24. The summed E-state index contributed by atoms with van der Waals surface area (Å²) in [6.45, 7) is 0.0613. The molecule has 9 nitrogen and oxygen atoms in total. The minimum Gasteiger partial charge on any atom is -0.493 e. The second-order valence-electron chi connectivity index (χ2n) is 6.56. The quantitative estimate of drug-likeness (QED) is 0.420. The number of nitrogens with one attached hydrogen (secondary N) is 1. The Bertz CT molecular complexity index is 1250. The number of aromatic amines is 1. The van der Waals surface area contributed by atoms with Crippen molar-refractivity contribution in [3.63, 3.8) is 0 Å². The van der Waals surface area contributed by atoms with Gasteiger partial charge in [0.2, 0.25) is 0 Å². The molecule has 0 atom stereocenters. The molecule has 0 amide bonds. The Kier molecular flexibility index (Phi) is 6.59. The minimum atomic E-state index is -1.61. The maximum atomic E-state index is 12.3. The van der Waals surface area contributed by atoms with Crippen molar-refractivity contribution in [1.82, 2.24) is 4.98 Å². The number of para-hydroxylation sites is 1. The number of hydrogen-bond acceptors (Lipinski definition) is 6. The number of H-pyrrole nitrogens is 1. The molecule has 2 aromatic carbocycles. The van der Waals surface area contributed by atoms with Gasteiger partial charge in [-0.1, -0.05) is 48.5 Å². The van der Waals surface area contributed by atoms with Gasteiger partial charge in [0.05, 0.1) is 7.11 Å². The van der Waals surface area contributed by atoms with E-state index in [2.05, 4.69) is 4.98 Å². The Labute approximate surface area is 182 Å². The number of nitrogen functional groups attached to an aromatic ring is 1. The fourth-order valence-electron chi connectivity index (χ4n) is 3.22. The number of carboxylic acids is 2. The molecular weight excluding hydrogens is 416 g/mol. The summed E-state index contributed by atoms with van der Waals surface area (Å²) < 4.78 is 11.2. The highest BCUT2D eigenvalue weighted by atomic mass is 16.5. The van der Waals surface area contributed by atoms with Crippen LogP contribution in [0.15, 0.2) is 59.4 Å². The van der Waals surface area contributed by atoms with Crippen molar-refractivity contribution in [2.45, 2.75) is 0 Å². The van der Waals surface area contributed by atoms with Crippen LogP contribution in [0.5, 0.6) is 11.5 Å². The summed E-state index contributed by atoms with van der Waals surface area (Å²) in [6.07, 6.45) is 3.56.